The van der Waals surface area contributed by atoms with Crippen LogP contribution in [0, 0.1) is 49.4 Å². The molecule has 0 amide bonds. The predicted octanol–water partition coefficient (Wildman–Crippen LogP) is 4.03. The fourth-order valence-electron chi connectivity index (χ4n) is 1.63. The second kappa shape index (κ2) is 6.83. The molecule has 6 heteroatoms. The van der Waals surface area contributed by atoms with Crippen LogP contribution in [0.25, 0.3) is 10.8 Å². The van der Waals surface area contributed by atoms with Crippen molar-refractivity contribution in [3.8, 4) is 0 Å². The van der Waals surface area contributed by atoms with Crippen LogP contribution < -0.4 is 0 Å². The molecule has 20 heavy (non-hydrogen) atoms. The quantitative estimate of drug-likeness (QED) is 0.455. The van der Waals surface area contributed by atoms with Gasteiger partial charge in [-0.1, -0.05) is 36.4 Å². The van der Waals surface area contributed by atoms with Crippen LogP contribution in [0.1, 0.15) is 10.4 Å². The van der Waals surface area contributed by atoms with Gasteiger partial charge in [-0.2, -0.15) is 13.2 Å². The van der Waals surface area contributed by atoms with Crippen LogP contribution in [0.5, 0.6) is 0 Å². The van der Waals surface area contributed by atoms with E-state index in [0.717, 1.165) is 10.8 Å². The maximum atomic E-state index is 12.1. The Kier molecular flexibility index (Phi) is 5.92. The molecular weight excluding hydrogens is 409 g/mol. The van der Waals surface area contributed by atoms with E-state index < -0.39 is 17.7 Å². The first-order valence-corrected chi connectivity index (χ1v) is 5.39. The molecule has 2 aromatic carbocycles. The first kappa shape index (κ1) is 17.3. The van der Waals surface area contributed by atoms with Gasteiger partial charge in [-0.05, 0) is 16.8 Å². The third-order valence-corrected chi connectivity index (χ3v) is 2.59. The van der Waals surface area contributed by atoms with Crippen molar-refractivity contribution in [3.05, 3.63) is 59.9 Å². The second-order valence-electron chi connectivity index (χ2n) is 3.95. The van der Waals surface area contributed by atoms with Crippen molar-refractivity contribution in [1.29, 1.82) is 0 Å². The normalized spacial score (nSPS) is 12.1. The van der Waals surface area contributed by atoms with Gasteiger partial charge in [0.05, 0.1) is 0 Å². The molecule has 0 aliphatic heterocycles. The standard InChI is InChI=1S/C14H9F3O2.Eu/c15-14(16,17)13(19)8-12(18)11-6-5-9-3-1-2-4-10(9)7-11;/h1-8,19H;/b13-8-;. The van der Waals surface area contributed by atoms with Crippen LogP contribution in [0.15, 0.2) is 54.3 Å². The SMILES string of the molecule is O=C(/C=C(\O)C(F)(F)F)c1ccc2ccccc2c1.[Eu]. The number of allylic oxidation sites excluding steroid dienone is 2. The molecular formula is C14H9EuF3O2. The third kappa shape index (κ3) is 4.14. The maximum absolute atomic E-state index is 12.1. The van der Waals surface area contributed by atoms with Gasteiger partial charge in [0.2, 0.25) is 5.76 Å². The summed E-state index contributed by atoms with van der Waals surface area (Å²) >= 11 is 0. The van der Waals surface area contributed by atoms with Gasteiger partial charge in [0, 0.05) is 61.0 Å². The molecule has 0 saturated carbocycles. The van der Waals surface area contributed by atoms with Gasteiger partial charge in [-0.3, -0.25) is 4.79 Å². The van der Waals surface area contributed by atoms with Crippen molar-refractivity contribution in [2.45, 2.75) is 6.18 Å². The number of ketones is 1. The number of carbonyl (C=O) groups excluding carboxylic acids is 1. The van der Waals surface area contributed by atoms with Gasteiger partial charge in [0.1, 0.15) is 0 Å². The number of benzene rings is 2. The molecule has 0 unspecified atom stereocenters. The van der Waals surface area contributed by atoms with Gasteiger partial charge in [0.15, 0.2) is 5.78 Å². The minimum absolute atomic E-state index is 0. The second-order valence-corrected chi connectivity index (χ2v) is 3.95. The Morgan fingerprint density at radius 1 is 1.05 bits per heavy atom. The summed E-state index contributed by atoms with van der Waals surface area (Å²) in [7, 11) is 0. The number of fused-ring (bicyclic) bond motifs is 1. The molecule has 0 fully saturated rings. The molecule has 1 N–H and O–H groups in total. The average molecular weight is 418 g/mol. The number of alkyl halides is 3. The van der Waals surface area contributed by atoms with Crippen molar-refractivity contribution < 1.29 is 72.4 Å². The third-order valence-electron chi connectivity index (χ3n) is 2.59. The Bertz CT molecular complexity index is 663. The molecule has 0 spiro atoms. The zero-order chi connectivity index (χ0) is 14.0. The van der Waals surface area contributed by atoms with Crippen LogP contribution in [-0.2, 0) is 0 Å². The van der Waals surface area contributed by atoms with Gasteiger partial charge in [-0.15, -0.1) is 0 Å². The molecule has 0 saturated heterocycles. The van der Waals surface area contributed by atoms with E-state index >= 15 is 0 Å². The molecule has 0 heterocycles. The molecule has 2 aromatic rings. The molecule has 0 bridgehead atoms. The van der Waals surface area contributed by atoms with Gasteiger partial charge < -0.3 is 5.11 Å². The van der Waals surface area contributed by atoms with E-state index in [1.165, 1.54) is 12.1 Å². The van der Waals surface area contributed by atoms with E-state index in [-0.39, 0.29) is 61.0 Å². The minimum atomic E-state index is -4.91. The van der Waals surface area contributed by atoms with Crippen molar-refractivity contribution in [3.63, 3.8) is 0 Å². The van der Waals surface area contributed by atoms with Crippen LogP contribution in [0.2, 0.25) is 0 Å². The van der Waals surface area contributed by atoms with Crippen molar-refractivity contribution in [2.24, 2.45) is 0 Å². The summed E-state index contributed by atoms with van der Waals surface area (Å²) in [4.78, 5) is 11.6. The number of rotatable bonds is 2. The van der Waals surface area contributed by atoms with Crippen LogP contribution in [-0.4, -0.2) is 17.1 Å². The summed E-state index contributed by atoms with van der Waals surface area (Å²) < 4.78 is 36.3. The van der Waals surface area contributed by atoms with Gasteiger partial charge >= 0.3 is 6.18 Å². The summed E-state index contributed by atoms with van der Waals surface area (Å²) in [5.41, 5.74) is 0.0921. The Morgan fingerprint density at radius 3 is 2.25 bits per heavy atom. The average Bonchev–Trinajstić information content (AvgIpc) is 2.37. The fourth-order valence-corrected chi connectivity index (χ4v) is 1.63. The summed E-state index contributed by atoms with van der Waals surface area (Å²) in [6.45, 7) is 0. The first-order valence-electron chi connectivity index (χ1n) is 5.39. The Labute approximate surface area is 153 Å². The number of halogens is 3. The summed E-state index contributed by atoms with van der Waals surface area (Å²) in [5, 5.41) is 10.4. The van der Waals surface area contributed by atoms with Crippen molar-refractivity contribution >= 4 is 16.6 Å². The summed E-state index contributed by atoms with van der Waals surface area (Å²) in [6, 6.07) is 11.7. The minimum Gasteiger partial charge on any atom is -0.504 e. The first-order chi connectivity index (χ1) is 8.88. The molecule has 1 radical (unpaired) electrons. The van der Waals surface area contributed by atoms with E-state index in [2.05, 4.69) is 0 Å². The summed E-state index contributed by atoms with van der Waals surface area (Å²) in [6.07, 6.45) is -4.73. The predicted molar refractivity (Wildman–Crippen MR) is 65.0 cm³/mol. The number of hydrogen-bond acceptors (Lipinski definition) is 2. The van der Waals surface area contributed by atoms with Crippen molar-refractivity contribution in [1.82, 2.24) is 0 Å². The number of carbonyl (C=O) groups is 1. The van der Waals surface area contributed by atoms with E-state index in [1.807, 2.05) is 12.1 Å². The Balaban J connectivity index is 0.00000200. The monoisotopic (exact) mass is 419 g/mol. The number of aliphatic hydroxyl groups is 1. The van der Waals surface area contributed by atoms with Gasteiger partial charge in [-0.25, -0.2) is 0 Å². The van der Waals surface area contributed by atoms with Crippen molar-refractivity contribution in [2.75, 3.05) is 0 Å². The molecule has 0 atom stereocenters. The molecule has 0 aliphatic carbocycles. The zero-order valence-electron chi connectivity index (χ0n) is 9.99. The molecule has 0 aliphatic rings. The maximum Gasteiger partial charge on any atom is 0.448 e. The van der Waals surface area contributed by atoms with E-state index in [4.69, 9.17) is 5.11 Å². The fraction of sp³-hybridized carbons (Fsp3) is 0.0714. The molecule has 2 rings (SSSR count). The van der Waals surface area contributed by atoms with E-state index in [0.29, 0.717) is 0 Å². The smallest absolute Gasteiger partial charge is 0.448 e. The number of aliphatic hydroxyl groups excluding tert-OH is 1. The largest absolute Gasteiger partial charge is 0.504 e. The Morgan fingerprint density at radius 2 is 1.65 bits per heavy atom. The number of hydrogen-bond donors (Lipinski definition) is 1. The van der Waals surface area contributed by atoms with Crippen LogP contribution >= 0.6 is 0 Å². The van der Waals surface area contributed by atoms with E-state index in [9.17, 15) is 18.0 Å². The van der Waals surface area contributed by atoms with Crippen LogP contribution in [0.4, 0.5) is 13.2 Å². The topological polar surface area (TPSA) is 37.3 Å². The molecule has 105 valence electrons. The Hall–Kier alpha value is -0.716. The molecule has 2 nitrogen and oxygen atoms in total. The van der Waals surface area contributed by atoms with Gasteiger partial charge in [0.25, 0.3) is 0 Å². The zero-order valence-corrected chi connectivity index (χ0v) is 12.4. The van der Waals surface area contributed by atoms with Crippen LogP contribution in [0.3, 0.4) is 0 Å². The van der Waals surface area contributed by atoms with E-state index in [1.54, 1.807) is 18.2 Å². The summed E-state index contributed by atoms with van der Waals surface area (Å²) in [5.74, 6) is -2.79. The molecule has 0 aromatic heterocycles.